The van der Waals surface area contributed by atoms with Crippen molar-refractivity contribution in [2.75, 3.05) is 13.7 Å². The first-order chi connectivity index (χ1) is 12.4. The molecule has 2 rings (SSSR count). The van der Waals surface area contributed by atoms with Crippen molar-refractivity contribution < 1.29 is 28.7 Å². The van der Waals surface area contributed by atoms with E-state index in [0.29, 0.717) is 5.75 Å². The van der Waals surface area contributed by atoms with Crippen LogP contribution >= 0.6 is 0 Å². The number of hydrogen-bond acceptors (Lipinski definition) is 6. The summed E-state index contributed by atoms with van der Waals surface area (Å²) in [5, 5.41) is 2.68. The van der Waals surface area contributed by atoms with Crippen molar-refractivity contribution in [1.29, 1.82) is 0 Å². The molecular formula is C18H22N2O6. The molecule has 140 valence electrons. The number of nitrogens with one attached hydrogen (secondary N) is 1. The molecule has 0 bridgehead atoms. The highest BCUT2D eigenvalue weighted by atomic mass is 16.5. The Bertz CT molecular complexity index is 687. The fourth-order valence-electron chi connectivity index (χ4n) is 2.56. The first-order valence-electron chi connectivity index (χ1n) is 8.34. The lowest BCUT2D eigenvalue weighted by molar-refractivity contribution is -0.155. The number of carbonyl (C=O) groups excluding carboxylic acids is 4. The van der Waals surface area contributed by atoms with Crippen molar-refractivity contribution in [3.05, 3.63) is 29.8 Å². The molecular weight excluding hydrogens is 340 g/mol. The Morgan fingerprint density at radius 1 is 1.19 bits per heavy atom. The van der Waals surface area contributed by atoms with Crippen LogP contribution in [0.4, 0.5) is 0 Å². The second-order valence-electron chi connectivity index (χ2n) is 5.85. The van der Waals surface area contributed by atoms with Crippen LogP contribution in [0.25, 0.3) is 0 Å². The molecule has 1 heterocycles. The topological polar surface area (TPSA) is 102 Å². The van der Waals surface area contributed by atoms with Crippen molar-refractivity contribution in [3.8, 4) is 5.75 Å². The van der Waals surface area contributed by atoms with Crippen LogP contribution in [-0.4, -0.2) is 48.3 Å². The lowest BCUT2D eigenvalue weighted by Crippen LogP contribution is -2.36. The van der Waals surface area contributed by atoms with E-state index in [9.17, 15) is 19.2 Å². The average Bonchev–Trinajstić information content (AvgIpc) is 2.95. The van der Waals surface area contributed by atoms with Crippen molar-refractivity contribution >= 4 is 23.7 Å². The number of rotatable bonds is 8. The number of carbonyl (C=O) groups is 4. The number of imide groups is 1. The highest BCUT2D eigenvalue weighted by Gasteiger charge is 2.29. The van der Waals surface area contributed by atoms with Crippen molar-refractivity contribution in [1.82, 2.24) is 10.2 Å². The van der Waals surface area contributed by atoms with E-state index in [1.54, 1.807) is 13.2 Å². The maximum Gasteiger partial charge on any atom is 0.308 e. The third kappa shape index (κ3) is 5.05. The normalized spacial score (nSPS) is 14.9. The molecule has 1 aliphatic heterocycles. The molecule has 1 aliphatic rings. The van der Waals surface area contributed by atoms with Gasteiger partial charge in [0.25, 0.3) is 5.91 Å². The van der Waals surface area contributed by atoms with Crippen LogP contribution in [-0.2, 0) is 30.5 Å². The van der Waals surface area contributed by atoms with Gasteiger partial charge in [0.05, 0.1) is 13.5 Å². The minimum atomic E-state index is -0.984. The number of ether oxygens (including phenoxy) is 2. The van der Waals surface area contributed by atoms with E-state index in [-0.39, 0.29) is 44.2 Å². The van der Waals surface area contributed by atoms with Gasteiger partial charge in [-0.1, -0.05) is 18.2 Å². The Morgan fingerprint density at radius 2 is 1.85 bits per heavy atom. The molecule has 1 N–H and O–H groups in total. The first-order valence-corrected chi connectivity index (χ1v) is 8.34. The highest BCUT2D eigenvalue weighted by molar-refractivity contribution is 6.02. The summed E-state index contributed by atoms with van der Waals surface area (Å²) in [7, 11) is 1.54. The lowest BCUT2D eigenvalue weighted by Gasteiger charge is -2.16. The zero-order valence-corrected chi connectivity index (χ0v) is 14.8. The molecule has 0 saturated carbocycles. The Balaban J connectivity index is 1.76. The SMILES string of the molecule is COc1ccccc1CNC(=O)C(C)OC(=O)CCN1C(=O)CCC1=O. The van der Waals surface area contributed by atoms with Crippen LogP contribution < -0.4 is 10.1 Å². The van der Waals surface area contributed by atoms with Crippen LogP contribution in [0.2, 0.25) is 0 Å². The summed E-state index contributed by atoms with van der Waals surface area (Å²) in [6.07, 6.45) is -0.769. The fourth-order valence-corrected chi connectivity index (χ4v) is 2.56. The van der Waals surface area contributed by atoms with Gasteiger partial charge >= 0.3 is 5.97 Å². The molecule has 0 spiro atoms. The van der Waals surface area contributed by atoms with Crippen molar-refractivity contribution in [3.63, 3.8) is 0 Å². The molecule has 1 saturated heterocycles. The Labute approximate surface area is 151 Å². The molecule has 8 nitrogen and oxygen atoms in total. The smallest absolute Gasteiger partial charge is 0.308 e. The zero-order valence-electron chi connectivity index (χ0n) is 14.8. The Hall–Kier alpha value is -2.90. The summed E-state index contributed by atoms with van der Waals surface area (Å²) in [5.41, 5.74) is 0.799. The summed E-state index contributed by atoms with van der Waals surface area (Å²) in [4.78, 5) is 47.9. The molecule has 0 aromatic heterocycles. The molecule has 1 unspecified atom stereocenters. The van der Waals surface area contributed by atoms with Gasteiger partial charge in [0, 0.05) is 31.5 Å². The maximum atomic E-state index is 12.1. The Morgan fingerprint density at radius 3 is 2.50 bits per heavy atom. The van der Waals surface area contributed by atoms with Crippen molar-refractivity contribution in [2.24, 2.45) is 0 Å². The molecule has 0 radical (unpaired) electrons. The van der Waals surface area contributed by atoms with Crippen LogP contribution in [0.5, 0.6) is 5.75 Å². The molecule has 3 amide bonds. The van der Waals surface area contributed by atoms with Gasteiger partial charge in [0.15, 0.2) is 6.10 Å². The molecule has 1 aromatic carbocycles. The van der Waals surface area contributed by atoms with Crippen LogP contribution in [0.15, 0.2) is 24.3 Å². The number of amides is 3. The quantitative estimate of drug-likeness (QED) is 0.542. The van der Waals surface area contributed by atoms with Gasteiger partial charge < -0.3 is 14.8 Å². The summed E-state index contributed by atoms with van der Waals surface area (Å²) < 4.78 is 10.3. The minimum absolute atomic E-state index is 0.0218. The highest BCUT2D eigenvalue weighted by Crippen LogP contribution is 2.17. The number of hydrogen-bond donors (Lipinski definition) is 1. The van der Waals surface area contributed by atoms with E-state index in [2.05, 4.69) is 5.32 Å². The van der Waals surface area contributed by atoms with E-state index in [0.717, 1.165) is 10.5 Å². The number of para-hydroxylation sites is 1. The minimum Gasteiger partial charge on any atom is -0.496 e. The van der Waals surface area contributed by atoms with Gasteiger partial charge in [-0.15, -0.1) is 0 Å². The van der Waals surface area contributed by atoms with Crippen LogP contribution in [0.3, 0.4) is 0 Å². The number of esters is 1. The lowest BCUT2D eigenvalue weighted by atomic mass is 10.2. The molecule has 1 atom stereocenters. The maximum absolute atomic E-state index is 12.1. The van der Waals surface area contributed by atoms with E-state index in [1.165, 1.54) is 6.92 Å². The van der Waals surface area contributed by atoms with Gasteiger partial charge in [-0.2, -0.15) is 0 Å². The third-order valence-corrected chi connectivity index (χ3v) is 4.02. The third-order valence-electron chi connectivity index (χ3n) is 4.02. The van der Waals surface area contributed by atoms with Crippen LogP contribution in [0.1, 0.15) is 31.7 Å². The second kappa shape index (κ2) is 8.98. The number of methoxy groups -OCH3 is 1. The zero-order chi connectivity index (χ0) is 19.1. The van der Waals surface area contributed by atoms with Gasteiger partial charge in [-0.05, 0) is 13.0 Å². The van der Waals surface area contributed by atoms with E-state index in [4.69, 9.17) is 9.47 Å². The standard InChI is InChI=1S/C18H22N2O6/c1-12(18(24)19-11-13-5-3-4-6-14(13)25-2)26-17(23)9-10-20-15(21)7-8-16(20)22/h3-6,12H,7-11H2,1-2H3,(H,19,24). The molecule has 1 aromatic rings. The van der Waals surface area contributed by atoms with E-state index < -0.39 is 18.0 Å². The second-order valence-corrected chi connectivity index (χ2v) is 5.85. The molecule has 1 fully saturated rings. The van der Waals surface area contributed by atoms with Gasteiger partial charge in [0.1, 0.15) is 5.75 Å². The molecule has 0 aliphatic carbocycles. The number of likely N-dealkylation sites (tertiary alicyclic amines) is 1. The van der Waals surface area contributed by atoms with Gasteiger partial charge in [-0.25, -0.2) is 0 Å². The summed E-state index contributed by atoms with van der Waals surface area (Å²) in [6.45, 7) is 1.68. The van der Waals surface area contributed by atoms with E-state index in [1.807, 2.05) is 18.2 Å². The number of nitrogens with zero attached hydrogens (tertiary/aromatic N) is 1. The van der Waals surface area contributed by atoms with E-state index >= 15 is 0 Å². The predicted octanol–water partition coefficient (Wildman–Crippen LogP) is 0.782. The van der Waals surface area contributed by atoms with Crippen molar-refractivity contribution in [2.45, 2.75) is 38.8 Å². The molecule has 26 heavy (non-hydrogen) atoms. The summed E-state index contributed by atoms with van der Waals surface area (Å²) in [6, 6.07) is 7.25. The monoisotopic (exact) mass is 362 g/mol. The predicted molar refractivity (Wildman–Crippen MR) is 91.0 cm³/mol. The fraction of sp³-hybridized carbons (Fsp3) is 0.444. The largest absolute Gasteiger partial charge is 0.496 e. The summed E-state index contributed by atoms with van der Waals surface area (Å²) in [5.74, 6) is -1.01. The number of benzene rings is 1. The van der Waals surface area contributed by atoms with Crippen LogP contribution in [0, 0.1) is 0 Å². The summed E-state index contributed by atoms with van der Waals surface area (Å²) >= 11 is 0. The van der Waals surface area contributed by atoms with Gasteiger partial charge in [0.2, 0.25) is 11.8 Å². The molecule has 8 heteroatoms. The average molecular weight is 362 g/mol. The Kier molecular flexibility index (Phi) is 6.71. The first kappa shape index (κ1) is 19.4. The van der Waals surface area contributed by atoms with Gasteiger partial charge in [-0.3, -0.25) is 24.1 Å².